The summed E-state index contributed by atoms with van der Waals surface area (Å²) in [6.45, 7) is 6.40. The summed E-state index contributed by atoms with van der Waals surface area (Å²) in [5.74, 6) is -0.751. The first-order valence-electron chi connectivity index (χ1n) is 5.14. The van der Waals surface area contributed by atoms with Gasteiger partial charge in [0, 0.05) is 6.54 Å². The van der Waals surface area contributed by atoms with Crippen LogP contribution in [0.4, 0.5) is 4.39 Å². The number of aliphatic imine (C=N–C) groups is 1. The molecule has 1 rings (SSSR count). The lowest BCUT2D eigenvalue weighted by Gasteiger charge is -2.05. The molecule has 0 amide bonds. The first-order valence-corrected chi connectivity index (χ1v) is 5.14. The molecule has 0 aliphatic carbocycles. The second kappa shape index (κ2) is 5.89. The normalized spacial score (nSPS) is 11.3. The van der Waals surface area contributed by atoms with E-state index in [1.807, 2.05) is 6.92 Å². The molecule has 4 N–H and O–H groups in total. The fraction of sp³-hybridized carbons (Fsp3) is 0.250. The Hall–Kier alpha value is -2.04. The van der Waals surface area contributed by atoms with Crippen LogP contribution in [0.25, 0.3) is 0 Å². The molecule has 0 aromatic heterocycles. The monoisotopic (exact) mass is 237 g/mol. The summed E-state index contributed by atoms with van der Waals surface area (Å²) in [5, 5.41) is 11.9. The van der Waals surface area contributed by atoms with Gasteiger partial charge in [0.2, 0.25) is 0 Å². The highest BCUT2D eigenvalue weighted by atomic mass is 19.1. The molecule has 0 saturated heterocycles. The van der Waals surface area contributed by atoms with Gasteiger partial charge in [0.1, 0.15) is 0 Å². The number of phenolic OH excluding ortho intramolecular Hbond substituents is 1. The fourth-order valence-corrected chi connectivity index (χ4v) is 1.12. The lowest BCUT2D eigenvalue weighted by Crippen LogP contribution is -2.32. The molecule has 0 fully saturated rings. The van der Waals surface area contributed by atoms with Crippen LogP contribution < -0.4 is 11.1 Å². The van der Waals surface area contributed by atoms with Gasteiger partial charge in [0.15, 0.2) is 17.5 Å². The molecule has 0 saturated carbocycles. The van der Waals surface area contributed by atoms with Crippen molar-refractivity contribution in [2.75, 3.05) is 6.54 Å². The standard InChI is InChI=1S/C12H16FN3O/c1-8(2)6-15-12(14)16-7-9-3-4-11(17)10(13)5-9/h3-5,17H,1,6-7H2,2H3,(H3,14,15,16). The number of phenols is 1. The lowest BCUT2D eigenvalue weighted by molar-refractivity contribution is 0.432. The predicted octanol–water partition coefficient (Wildman–Crippen LogP) is 1.51. The maximum Gasteiger partial charge on any atom is 0.189 e. The van der Waals surface area contributed by atoms with E-state index in [4.69, 9.17) is 10.8 Å². The van der Waals surface area contributed by atoms with Gasteiger partial charge >= 0.3 is 0 Å². The Morgan fingerprint density at radius 2 is 2.29 bits per heavy atom. The number of nitrogens with one attached hydrogen (secondary N) is 1. The summed E-state index contributed by atoms with van der Waals surface area (Å²) < 4.78 is 13.0. The van der Waals surface area contributed by atoms with Crippen molar-refractivity contribution in [2.24, 2.45) is 10.7 Å². The average Bonchev–Trinajstić information content (AvgIpc) is 2.28. The van der Waals surface area contributed by atoms with Crippen LogP contribution in [0.3, 0.4) is 0 Å². The minimum atomic E-state index is -0.661. The SMILES string of the molecule is C=C(C)CNC(N)=NCc1ccc(O)c(F)c1. The molecule has 92 valence electrons. The molecule has 0 atom stereocenters. The number of hydrogen-bond donors (Lipinski definition) is 3. The van der Waals surface area contributed by atoms with Crippen molar-refractivity contribution in [3.63, 3.8) is 0 Å². The van der Waals surface area contributed by atoms with Gasteiger partial charge in [-0.05, 0) is 24.6 Å². The molecule has 4 nitrogen and oxygen atoms in total. The molecular formula is C12H16FN3O. The Bertz CT molecular complexity index is 443. The van der Waals surface area contributed by atoms with E-state index in [1.54, 1.807) is 6.07 Å². The van der Waals surface area contributed by atoms with Gasteiger partial charge in [-0.15, -0.1) is 0 Å². The van der Waals surface area contributed by atoms with Crippen LogP contribution in [0.15, 0.2) is 35.3 Å². The van der Waals surface area contributed by atoms with Crippen molar-refractivity contribution in [1.29, 1.82) is 0 Å². The second-order valence-corrected chi connectivity index (χ2v) is 3.80. The smallest absolute Gasteiger partial charge is 0.189 e. The van der Waals surface area contributed by atoms with Crippen molar-refractivity contribution in [3.05, 3.63) is 41.7 Å². The first kappa shape index (κ1) is 13.0. The number of rotatable bonds is 4. The highest BCUT2D eigenvalue weighted by Crippen LogP contribution is 2.16. The number of benzene rings is 1. The zero-order valence-corrected chi connectivity index (χ0v) is 9.70. The van der Waals surface area contributed by atoms with Crippen molar-refractivity contribution >= 4 is 5.96 Å². The van der Waals surface area contributed by atoms with E-state index in [2.05, 4.69) is 16.9 Å². The third-order valence-corrected chi connectivity index (χ3v) is 2.02. The van der Waals surface area contributed by atoms with Crippen LogP contribution in [0.1, 0.15) is 12.5 Å². The molecule has 0 aliphatic heterocycles. The summed E-state index contributed by atoms with van der Waals surface area (Å²) in [7, 11) is 0. The molecule has 0 aliphatic rings. The zero-order valence-electron chi connectivity index (χ0n) is 9.70. The Kier molecular flexibility index (Phi) is 4.51. The Morgan fingerprint density at radius 3 is 2.88 bits per heavy atom. The topological polar surface area (TPSA) is 70.6 Å². The van der Waals surface area contributed by atoms with Crippen LogP contribution in [-0.2, 0) is 6.54 Å². The van der Waals surface area contributed by atoms with Crippen LogP contribution >= 0.6 is 0 Å². The van der Waals surface area contributed by atoms with Gasteiger partial charge in [0.25, 0.3) is 0 Å². The molecule has 1 aromatic rings. The minimum Gasteiger partial charge on any atom is -0.505 e. The molecule has 1 aromatic carbocycles. The van der Waals surface area contributed by atoms with Gasteiger partial charge < -0.3 is 16.2 Å². The maximum absolute atomic E-state index is 13.0. The summed E-state index contributed by atoms with van der Waals surface area (Å²) in [6, 6.07) is 4.11. The summed E-state index contributed by atoms with van der Waals surface area (Å²) >= 11 is 0. The number of nitrogens with two attached hydrogens (primary N) is 1. The van der Waals surface area contributed by atoms with Crippen LogP contribution in [0.2, 0.25) is 0 Å². The number of guanidine groups is 1. The van der Waals surface area contributed by atoms with Gasteiger partial charge in [-0.1, -0.05) is 18.2 Å². The Balaban J connectivity index is 2.56. The van der Waals surface area contributed by atoms with Crippen molar-refractivity contribution < 1.29 is 9.50 Å². The van der Waals surface area contributed by atoms with Crippen LogP contribution in [0.5, 0.6) is 5.75 Å². The number of hydrogen-bond acceptors (Lipinski definition) is 2. The summed E-state index contributed by atoms with van der Waals surface area (Å²) in [6.07, 6.45) is 0. The van der Waals surface area contributed by atoms with E-state index in [-0.39, 0.29) is 18.3 Å². The van der Waals surface area contributed by atoms with Crippen LogP contribution in [-0.4, -0.2) is 17.6 Å². The molecule has 0 radical (unpaired) electrons. The second-order valence-electron chi connectivity index (χ2n) is 3.80. The van der Waals surface area contributed by atoms with Gasteiger partial charge in [0.05, 0.1) is 6.54 Å². The van der Waals surface area contributed by atoms with E-state index < -0.39 is 5.82 Å². The van der Waals surface area contributed by atoms with Crippen molar-refractivity contribution in [3.8, 4) is 5.75 Å². The van der Waals surface area contributed by atoms with E-state index >= 15 is 0 Å². The van der Waals surface area contributed by atoms with Crippen molar-refractivity contribution in [1.82, 2.24) is 5.32 Å². The molecule has 17 heavy (non-hydrogen) atoms. The molecule has 0 spiro atoms. The largest absolute Gasteiger partial charge is 0.505 e. The minimum absolute atomic E-state index is 0.256. The van der Waals surface area contributed by atoms with E-state index in [0.717, 1.165) is 5.57 Å². The molecule has 0 bridgehead atoms. The van der Waals surface area contributed by atoms with E-state index in [0.29, 0.717) is 12.1 Å². The number of halogens is 1. The quantitative estimate of drug-likeness (QED) is 0.422. The highest BCUT2D eigenvalue weighted by Gasteiger charge is 2.01. The van der Waals surface area contributed by atoms with Gasteiger partial charge in [-0.25, -0.2) is 9.38 Å². The van der Waals surface area contributed by atoms with Gasteiger partial charge in [-0.3, -0.25) is 0 Å². The highest BCUT2D eigenvalue weighted by molar-refractivity contribution is 5.78. The predicted molar refractivity (Wildman–Crippen MR) is 66.2 cm³/mol. The third kappa shape index (κ3) is 4.55. The number of nitrogens with zero attached hydrogens (tertiary/aromatic N) is 1. The summed E-state index contributed by atoms with van der Waals surface area (Å²) in [5.41, 5.74) is 7.18. The van der Waals surface area contributed by atoms with Crippen LogP contribution in [0, 0.1) is 5.82 Å². The molecule has 0 unspecified atom stereocenters. The van der Waals surface area contributed by atoms with Crippen molar-refractivity contribution in [2.45, 2.75) is 13.5 Å². The number of aromatic hydroxyl groups is 1. The Labute approximate surface area is 99.7 Å². The summed E-state index contributed by atoms with van der Waals surface area (Å²) in [4.78, 5) is 4.03. The maximum atomic E-state index is 13.0. The van der Waals surface area contributed by atoms with Gasteiger partial charge in [-0.2, -0.15) is 0 Å². The Morgan fingerprint density at radius 1 is 1.59 bits per heavy atom. The van der Waals surface area contributed by atoms with E-state index in [1.165, 1.54) is 12.1 Å². The lowest BCUT2D eigenvalue weighted by atomic mass is 10.2. The molecule has 0 heterocycles. The zero-order chi connectivity index (χ0) is 12.8. The molecule has 5 heteroatoms. The average molecular weight is 237 g/mol. The third-order valence-electron chi connectivity index (χ3n) is 2.02. The first-order chi connectivity index (χ1) is 7.99. The fourth-order valence-electron chi connectivity index (χ4n) is 1.12. The molecular weight excluding hydrogens is 221 g/mol. The van der Waals surface area contributed by atoms with E-state index in [9.17, 15) is 4.39 Å².